The van der Waals surface area contributed by atoms with Gasteiger partial charge in [0.25, 0.3) is 0 Å². The third-order valence-corrected chi connectivity index (χ3v) is 7.93. The number of fused-ring (bicyclic) bond motifs is 1. The quantitative estimate of drug-likeness (QED) is 0.241. The van der Waals surface area contributed by atoms with Crippen LogP contribution in [0.3, 0.4) is 0 Å². The molecular weight excluding hydrogens is 524 g/mol. The van der Waals surface area contributed by atoms with Crippen LogP contribution >= 0.6 is 0 Å². The SMILES string of the molecule is COC(=O)C(C)(NC(=O)C1NCCc2ccc(Oc3ccc(C(C)(C)C)cc3)cc21)c1ccc(-c2ccccc2)cc1. The van der Waals surface area contributed by atoms with E-state index in [4.69, 9.17) is 9.47 Å². The highest BCUT2D eigenvalue weighted by molar-refractivity contribution is 5.92. The Bertz CT molecular complexity index is 1560. The first kappa shape index (κ1) is 29.1. The van der Waals surface area contributed by atoms with E-state index in [9.17, 15) is 9.59 Å². The summed E-state index contributed by atoms with van der Waals surface area (Å²) in [5, 5.41) is 6.34. The lowest BCUT2D eigenvalue weighted by Crippen LogP contribution is -2.54. The van der Waals surface area contributed by atoms with Crippen LogP contribution in [0.4, 0.5) is 0 Å². The van der Waals surface area contributed by atoms with Crippen LogP contribution in [0.5, 0.6) is 11.5 Å². The maximum atomic E-state index is 13.8. The number of carbonyl (C=O) groups excluding carboxylic acids is 2. The van der Waals surface area contributed by atoms with Gasteiger partial charge in [-0.05, 0) is 76.4 Å². The standard InChI is InChI=1S/C36H38N2O4/c1-35(2,3)27-16-19-29(20-17-27)42-30-18-13-26-21-22-37-32(31(26)23-30)33(39)38-36(4,34(40)41-5)28-14-11-25(12-15-28)24-9-7-6-8-10-24/h6-20,23,32,37H,21-22H2,1-5H3,(H,38,39). The Morgan fingerprint density at radius 3 is 2.05 bits per heavy atom. The summed E-state index contributed by atoms with van der Waals surface area (Å²) in [7, 11) is 1.33. The molecule has 6 heteroatoms. The normalized spacial score (nSPS) is 16.1. The lowest BCUT2D eigenvalue weighted by molar-refractivity contribution is -0.151. The van der Waals surface area contributed by atoms with E-state index in [2.05, 4.69) is 43.5 Å². The molecule has 0 fully saturated rings. The van der Waals surface area contributed by atoms with E-state index in [0.717, 1.165) is 34.4 Å². The average molecular weight is 563 g/mol. The third-order valence-electron chi connectivity index (χ3n) is 7.93. The molecule has 1 heterocycles. The van der Waals surface area contributed by atoms with Gasteiger partial charge in [-0.25, -0.2) is 4.79 Å². The zero-order chi connectivity index (χ0) is 29.9. The number of nitrogens with one attached hydrogen (secondary N) is 2. The Kier molecular flexibility index (Phi) is 8.19. The zero-order valence-corrected chi connectivity index (χ0v) is 24.9. The fourth-order valence-corrected chi connectivity index (χ4v) is 5.38. The maximum absolute atomic E-state index is 13.8. The highest BCUT2D eigenvalue weighted by Crippen LogP contribution is 2.33. The number of methoxy groups -OCH3 is 1. The first-order valence-corrected chi connectivity index (χ1v) is 14.3. The Labute approximate surface area is 248 Å². The summed E-state index contributed by atoms with van der Waals surface area (Å²) in [5.74, 6) is 0.508. The Hall–Kier alpha value is -4.42. The van der Waals surface area contributed by atoms with E-state index in [1.807, 2.05) is 84.9 Å². The molecule has 0 saturated carbocycles. The summed E-state index contributed by atoms with van der Waals surface area (Å²) in [6.45, 7) is 8.85. The molecule has 1 aliphatic rings. The van der Waals surface area contributed by atoms with E-state index in [0.29, 0.717) is 17.9 Å². The van der Waals surface area contributed by atoms with E-state index in [1.165, 1.54) is 12.7 Å². The highest BCUT2D eigenvalue weighted by Gasteiger charge is 2.40. The molecule has 0 spiro atoms. The van der Waals surface area contributed by atoms with Crippen molar-refractivity contribution in [3.8, 4) is 22.6 Å². The van der Waals surface area contributed by atoms with Crippen molar-refractivity contribution in [3.63, 3.8) is 0 Å². The minimum absolute atomic E-state index is 0.0548. The number of amides is 1. The van der Waals surface area contributed by atoms with Crippen molar-refractivity contribution in [1.29, 1.82) is 0 Å². The smallest absolute Gasteiger partial charge is 0.336 e. The van der Waals surface area contributed by atoms with Crippen molar-refractivity contribution in [2.75, 3.05) is 13.7 Å². The van der Waals surface area contributed by atoms with Gasteiger partial charge in [0, 0.05) is 6.54 Å². The van der Waals surface area contributed by atoms with Crippen LogP contribution in [0.2, 0.25) is 0 Å². The molecule has 216 valence electrons. The van der Waals surface area contributed by atoms with Gasteiger partial charge in [-0.1, -0.05) is 93.6 Å². The first-order chi connectivity index (χ1) is 20.1. The molecule has 42 heavy (non-hydrogen) atoms. The number of hydrogen-bond acceptors (Lipinski definition) is 5. The largest absolute Gasteiger partial charge is 0.467 e. The highest BCUT2D eigenvalue weighted by atomic mass is 16.5. The van der Waals surface area contributed by atoms with E-state index < -0.39 is 17.6 Å². The summed E-state index contributed by atoms with van der Waals surface area (Å²) in [6, 6.07) is 30.9. The van der Waals surface area contributed by atoms with Crippen molar-refractivity contribution >= 4 is 11.9 Å². The number of hydrogen-bond donors (Lipinski definition) is 2. The van der Waals surface area contributed by atoms with Crippen LogP contribution in [-0.4, -0.2) is 25.5 Å². The molecule has 0 bridgehead atoms. The minimum Gasteiger partial charge on any atom is -0.467 e. The summed E-state index contributed by atoms with van der Waals surface area (Å²) in [6.07, 6.45) is 0.787. The van der Waals surface area contributed by atoms with Gasteiger partial charge >= 0.3 is 5.97 Å². The molecule has 2 atom stereocenters. The van der Waals surface area contributed by atoms with E-state index >= 15 is 0 Å². The fourth-order valence-electron chi connectivity index (χ4n) is 5.38. The monoisotopic (exact) mass is 562 g/mol. The zero-order valence-electron chi connectivity index (χ0n) is 24.9. The molecule has 6 nitrogen and oxygen atoms in total. The average Bonchev–Trinajstić information content (AvgIpc) is 3.00. The Balaban J connectivity index is 1.38. The van der Waals surface area contributed by atoms with Crippen LogP contribution < -0.4 is 15.4 Å². The fraction of sp³-hybridized carbons (Fsp3) is 0.278. The van der Waals surface area contributed by atoms with Gasteiger partial charge in [0.1, 0.15) is 17.5 Å². The summed E-state index contributed by atoms with van der Waals surface area (Å²) in [5.41, 5.74) is 4.51. The summed E-state index contributed by atoms with van der Waals surface area (Å²) >= 11 is 0. The van der Waals surface area contributed by atoms with E-state index in [1.54, 1.807) is 6.92 Å². The summed E-state index contributed by atoms with van der Waals surface area (Å²) < 4.78 is 11.3. The topological polar surface area (TPSA) is 76.7 Å². The van der Waals surface area contributed by atoms with Gasteiger partial charge in [0.15, 0.2) is 5.54 Å². The third kappa shape index (κ3) is 6.09. The van der Waals surface area contributed by atoms with Crippen molar-refractivity contribution in [1.82, 2.24) is 10.6 Å². The van der Waals surface area contributed by atoms with Crippen molar-refractivity contribution in [2.24, 2.45) is 0 Å². The second-order valence-electron chi connectivity index (χ2n) is 11.9. The second kappa shape index (κ2) is 11.8. The van der Waals surface area contributed by atoms with Gasteiger partial charge in [0.05, 0.1) is 7.11 Å². The Morgan fingerprint density at radius 1 is 0.786 bits per heavy atom. The molecule has 0 aliphatic carbocycles. The van der Waals surface area contributed by atoms with Crippen LogP contribution in [0.25, 0.3) is 11.1 Å². The van der Waals surface area contributed by atoms with Gasteiger partial charge in [-0.2, -0.15) is 0 Å². The van der Waals surface area contributed by atoms with E-state index in [-0.39, 0.29) is 11.3 Å². The number of rotatable bonds is 7. The molecule has 2 unspecified atom stereocenters. The maximum Gasteiger partial charge on any atom is 0.336 e. The first-order valence-electron chi connectivity index (χ1n) is 14.3. The van der Waals surface area contributed by atoms with Gasteiger partial charge in [-0.3, -0.25) is 4.79 Å². The number of carbonyl (C=O) groups is 2. The van der Waals surface area contributed by atoms with Gasteiger partial charge in [0.2, 0.25) is 5.91 Å². The van der Waals surface area contributed by atoms with Crippen LogP contribution in [0.1, 0.15) is 56.0 Å². The van der Waals surface area contributed by atoms with Crippen LogP contribution in [0.15, 0.2) is 97.1 Å². The predicted octanol–water partition coefficient (Wildman–Crippen LogP) is 6.83. The van der Waals surface area contributed by atoms with Gasteiger partial charge < -0.3 is 20.1 Å². The molecule has 0 saturated heterocycles. The molecule has 0 aromatic heterocycles. The Morgan fingerprint density at radius 2 is 1.40 bits per heavy atom. The molecule has 5 rings (SSSR count). The molecule has 1 aliphatic heterocycles. The lowest BCUT2D eigenvalue weighted by atomic mass is 9.87. The molecule has 4 aromatic rings. The van der Waals surface area contributed by atoms with Crippen LogP contribution in [0, 0.1) is 0 Å². The molecular formula is C36H38N2O4. The molecule has 2 N–H and O–H groups in total. The van der Waals surface area contributed by atoms with Crippen molar-refractivity contribution in [3.05, 3.63) is 119 Å². The number of ether oxygens (including phenoxy) is 2. The van der Waals surface area contributed by atoms with Crippen molar-refractivity contribution in [2.45, 2.75) is 51.1 Å². The van der Waals surface area contributed by atoms with Crippen LogP contribution in [-0.2, 0) is 31.7 Å². The number of esters is 1. The van der Waals surface area contributed by atoms with Gasteiger partial charge in [-0.15, -0.1) is 0 Å². The minimum atomic E-state index is -1.39. The molecule has 4 aromatic carbocycles. The second-order valence-corrected chi connectivity index (χ2v) is 11.9. The molecule has 1 amide bonds. The lowest BCUT2D eigenvalue weighted by Gasteiger charge is -2.33. The molecule has 0 radical (unpaired) electrons. The van der Waals surface area contributed by atoms with Crippen molar-refractivity contribution < 1.29 is 19.1 Å². The summed E-state index contributed by atoms with van der Waals surface area (Å²) in [4.78, 5) is 27.0. The number of benzene rings is 4. The predicted molar refractivity (Wildman–Crippen MR) is 165 cm³/mol.